The smallest absolute Gasteiger partial charge is 0.166 e. The van der Waals surface area contributed by atoms with E-state index in [1.807, 2.05) is 0 Å². The number of ether oxygens (including phenoxy) is 1. The summed E-state index contributed by atoms with van der Waals surface area (Å²) in [4.78, 5) is 12.4. The van der Waals surface area contributed by atoms with E-state index in [0.29, 0.717) is 5.56 Å². The molecule has 1 aromatic carbocycles. The van der Waals surface area contributed by atoms with Crippen molar-refractivity contribution in [2.45, 2.75) is 24.5 Å². The van der Waals surface area contributed by atoms with Gasteiger partial charge in [0, 0.05) is 5.56 Å². The van der Waals surface area contributed by atoms with Crippen molar-refractivity contribution in [3.8, 4) is 11.3 Å². The molecule has 0 saturated carbocycles. The van der Waals surface area contributed by atoms with Gasteiger partial charge in [0.25, 0.3) is 0 Å². The molecule has 0 radical (unpaired) electrons. The Morgan fingerprint density at radius 1 is 1.08 bits per heavy atom. The lowest BCUT2D eigenvalue weighted by Crippen LogP contribution is -2.33. The van der Waals surface area contributed by atoms with E-state index in [4.69, 9.17) is 4.74 Å². The molecule has 1 saturated heterocycles. The first-order valence-electron chi connectivity index (χ1n) is 7.76. The second kappa shape index (κ2) is 6.32. The topological polar surface area (TPSA) is 114 Å². The zero-order chi connectivity index (χ0) is 18.4. The SMILES string of the molecule is OC[C@H]1OC(n2cnc3c(-c4ccc(F)c(F)c4)ncnc32)[C@H](O)[C@@H]1O. The van der Waals surface area contributed by atoms with Crippen LogP contribution in [-0.4, -0.2) is 59.8 Å². The van der Waals surface area contributed by atoms with E-state index < -0.39 is 42.8 Å². The highest BCUT2D eigenvalue weighted by atomic mass is 19.2. The molecule has 10 heteroatoms. The van der Waals surface area contributed by atoms with Crippen LogP contribution in [0.5, 0.6) is 0 Å². The molecular formula is C16H14F2N4O4. The van der Waals surface area contributed by atoms with Crippen molar-refractivity contribution in [1.82, 2.24) is 19.5 Å². The molecule has 2 aromatic heterocycles. The van der Waals surface area contributed by atoms with Gasteiger partial charge in [-0.25, -0.2) is 23.7 Å². The van der Waals surface area contributed by atoms with Crippen molar-refractivity contribution in [2.24, 2.45) is 0 Å². The second-order valence-corrected chi connectivity index (χ2v) is 5.90. The van der Waals surface area contributed by atoms with Crippen LogP contribution >= 0.6 is 0 Å². The molecule has 0 aliphatic carbocycles. The van der Waals surface area contributed by atoms with Gasteiger partial charge in [-0.05, 0) is 18.2 Å². The molecule has 8 nitrogen and oxygen atoms in total. The third-order valence-electron chi connectivity index (χ3n) is 4.34. The number of hydrogen-bond donors (Lipinski definition) is 3. The Labute approximate surface area is 145 Å². The molecule has 3 aromatic rings. The summed E-state index contributed by atoms with van der Waals surface area (Å²) in [6, 6.07) is 3.36. The van der Waals surface area contributed by atoms with Crippen LogP contribution in [0.2, 0.25) is 0 Å². The average Bonchev–Trinajstić information content (AvgIpc) is 3.19. The summed E-state index contributed by atoms with van der Waals surface area (Å²) in [6.45, 7) is -0.462. The normalized spacial score (nSPS) is 25.9. The fourth-order valence-electron chi connectivity index (χ4n) is 3.00. The van der Waals surface area contributed by atoms with E-state index in [-0.39, 0.29) is 16.9 Å². The number of nitrogens with zero attached hydrogens (tertiary/aromatic N) is 4. The molecule has 0 spiro atoms. The van der Waals surface area contributed by atoms with Crippen molar-refractivity contribution < 1.29 is 28.8 Å². The van der Waals surface area contributed by atoms with Crippen LogP contribution in [0, 0.1) is 11.6 Å². The number of aromatic nitrogens is 4. The summed E-state index contributed by atoms with van der Waals surface area (Å²) in [5.74, 6) is -1.99. The van der Waals surface area contributed by atoms with E-state index in [9.17, 15) is 24.1 Å². The predicted molar refractivity (Wildman–Crippen MR) is 83.7 cm³/mol. The van der Waals surface area contributed by atoms with E-state index in [1.54, 1.807) is 0 Å². The first-order chi connectivity index (χ1) is 12.5. The molecule has 1 unspecified atom stereocenters. The molecule has 4 atom stereocenters. The Balaban J connectivity index is 1.80. The molecule has 1 fully saturated rings. The number of halogens is 2. The number of rotatable bonds is 3. The minimum Gasteiger partial charge on any atom is -0.394 e. The van der Waals surface area contributed by atoms with Crippen LogP contribution in [0.25, 0.3) is 22.4 Å². The van der Waals surface area contributed by atoms with Gasteiger partial charge in [0.1, 0.15) is 35.8 Å². The van der Waals surface area contributed by atoms with Crippen molar-refractivity contribution in [3.05, 3.63) is 42.5 Å². The fraction of sp³-hybridized carbons (Fsp3) is 0.312. The fourth-order valence-corrected chi connectivity index (χ4v) is 3.00. The summed E-state index contributed by atoms with van der Waals surface area (Å²) < 4.78 is 33.6. The maximum absolute atomic E-state index is 13.5. The Kier molecular flexibility index (Phi) is 4.11. The molecule has 0 amide bonds. The van der Waals surface area contributed by atoms with Gasteiger partial charge < -0.3 is 20.1 Å². The Morgan fingerprint density at radius 3 is 2.58 bits per heavy atom. The van der Waals surface area contributed by atoms with Crippen LogP contribution in [0.3, 0.4) is 0 Å². The molecule has 1 aliphatic rings. The Bertz CT molecular complexity index is 967. The quantitative estimate of drug-likeness (QED) is 0.616. The molecular weight excluding hydrogens is 350 g/mol. The largest absolute Gasteiger partial charge is 0.394 e. The first-order valence-corrected chi connectivity index (χ1v) is 7.76. The van der Waals surface area contributed by atoms with Crippen molar-refractivity contribution >= 4 is 11.2 Å². The molecule has 1 aliphatic heterocycles. The summed E-state index contributed by atoms with van der Waals surface area (Å²) in [5, 5.41) is 29.3. The summed E-state index contributed by atoms with van der Waals surface area (Å²) in [6.07, 6.45) is -1.97. The highest BCUT2D eigenvalue weighted by Gasteiger charge is 2.44. The molecule has 4 rings (SSSR count). The van der Waals surface area contributed by atoms with Crippen LogP contribution < -0.4 is 0 Å². The van der Waals surface area contributed by atoms with E-state index in [0.717, 1.165) is 12.1 Å². The Hall–Kier alpha value is -2.53. The summed E-state index contributed by atoms with van der Waals surface area (Å²) in [5.41, 5.74) is 1.15. The molecule has 0 bridgehead atoms. The number of aliphatic hydroxyl groups is 3. The van der Waals surface area contributed by atoms with Crippen LogP contribution in [0.15, 0.2) is 30.9 Å². The van der Waals surface area contributed by atoms with Gasteiger partial charge in [-0.3, -0.25) is 4.57 Å². The van der Waals surface area contributed by atoms with Gasteiger partial charge >= 0.3 is 0 Å². The highest BCUT2D eigenvalue weighted by molar-refractivity contribution is 5.87. The number of benzene rings is 1. The lowest BCUT2D eigenvalue weighted by atomic mass is 10.1. The molecule has 136 valence electrons. The van der Waals surface area contributed by atoms with Gasteiger partial charge in [-0.1, -0.05) is 0 Å². The minimum absolute atomic E-state index is 0.273. The average molecular weight is 364 g/mol. The number of hydrogen-bond acceptors (Lipinski definition) is 7. The lowest BCUT2D eigenvalue weighted by molar-refractivity contribution is -0.0511. The van der Waals surface area contributed by atoms with Gasteiger partial charge in [0.2, 0.25) is 0 Å². The van der Waals surface area contributed by atoms with Crippen LogP contribution in [0.1, 0.15) is 6.23 Å². The standard InChI is InChI=1S/C16H14F2N4O4/c17-8-2-1-7(3-9(8)18)11-12-15(20-5-19-11)22(6-21-12)16-14(25)13(24)10(4-23)26-16/h1-3,5-6,10,13-14,16,23-25H,4H2/t10-,13-,14-,16?/m1/s1. The Morgan fingerprint density at radius 2 is 1.88 bits per heavy atom. The number of imidazole rings is 1. The van der Waals surface area contributed by atoms with Crippen LogP contribution in [0.4, 0.5) is 8.78 Å². The predicted octanol–water partition coefficient (Wildman–Crippen LogP) is 0.383. The number of fused-ring (bicyclic) bond motifs is 1. The third kappa shape index (κ3) is 2.54. The monoisotopic (exact) mass is 364 g/mol. The minimum atomic E-state index is -1.30. The maximum Gasteiger partial charge on any atom is 0.166 e. The second-order valence-electron chi connectivity index (χ2n) is 5.90. The van der Waals surface area contributed by atoms with E-state index in [1.165, 1.54) is 23.3 Å². The van der Waals surface area contributed by atoms with Gasteiger partial charge in [-0.2, -0.15) is 0 Å². The van der Waals surface area contributed by atoms with Gasteiger partial charge in [-0.15, -0.1) is 0 Å². The van der Waals surface area contributed by atoms with E-state index in [2.05, 4.69) is 15.0 Å². The highest BCUT2D eigenvalue weighted by Crippen LogP contribution is 2.33. The number of aliphatic hydroxyl groups excluding tert-OH is 3. The van der Waals surface area contributed by atoms with Crippen molar-refractivity contribution in [3.63, 3.8) is 0 Å². The van der Waals surface area contributed by atoms with Crippen molar-refractivity contribution in [1.29, 1.82) is 0 Å². The maximum atomic E-state index is 13.5. The zero-order valence-corrected chi connectivity index (χ0v) is 13.2. The van der Waals surface area contributed by atoms with E-state index >= 15 is 0 Å². The third-order valence-corrected chi connectivity index (χ3v) is 4.34. The summed E-state index contributed by atoms with van der Waals surface area (Å²) in [7, 11) is 0. The van der Waals surface area contributed by atoms with Crippen molar-refractivity contribution in [2.75, 3.05) is 6.61 Å². The molecule has 3 N–H and O–H groups in total. The van der Waals surface area contributed by atoms with Gasteiger partial charge in [0.15, 0.2) is 23.5 Å². The summed E-state index contributed by atoms with van der Waals surface area (Å²) >= 11 is 0. The zero-order valence-electron chi connectivity index (χ0n) is 13.2. The first kappa shape index (κ1) is 16.9. The lowest BCUT2D eigenvalue weighted by Gasteiger charge is -2.16. The molecule has 26 heavy (non-hydrogen) atoms. The molecule has 3 heterocycles. The van der Waals surface area contributed by atoms with Gasteiger partial charge in [0.05, 0.1) is 12.9 Å². The van der Waals surface area contributed by atoms with Crippen LogP contribution in [-0.2, 0) is 4.74 Å².